The number of nitrogens with one attached hydrogen (secondary N) is 2. The Labute approximate surface area is 179 Å². The van der Waals surface area contributed by atoms with E-state index in [0.717, 1.165) is 11.1 Å². The van der Waals surface area contributed by atoms with E-state index in [1.165, 1.54) is 0 Å². The number of hydrogen-bond acceptors (Lipinski definition) is 4. The van der Waals surface area contributed by atoms with Crippen LogP contribution in [-0.4, -0.2) is 45.9 Å². The van der Waals surface area contributed by atoms with Gasteiger partial charge in [0.25, 0.3) is 5.91 Å². The molecule has 3 aromatic rings. The number of phenols is 1. The standard InChI is InChI=1S/C24H23N3O4/c28-21-6-4-15-5-7-23(29)26-20-14-27(24(30)17-8-9-25-12-17)13-19(20)16-2-1-3-18(11-16)31-22(21)10-15/h1-4,6,8-12,19-20,25,28H,5,7,13-14H2,(H,26,29)/t19-,20+/m0/s1. The summed E-state index contributed by atoms with van der Waals surface area (Å²) < 4.78 is 5.97. The van der Waals surface area contributed by atoms with Gasteiger partial charge in [-0.1, -0.05) is 18.2 Å². The van der Waals surface area contributed by atoms with Gasteiger partial charge in [-0.25, -0.2) is 0 Å². The lowest BCUT2D eigenvalue weighted by atomic mass is 9.94. The van der Waals surface area contributed by atoms with Crippen LogP contribution in [0.4, 0.5) is 0 Å². The Morgan fingerprint density at radius 3 is 2.84 bits per heavy atom. The smallest absolute Gasteiger partial charge is 0.255 e. The van der Waals surface area contributed by atoms with Crippen LogP contribution in [0, 0.1) is 0 Å². The average molecular weight is 417 g/mol. The largest absolute Gasteiger partial charge is 0.504 e. The number of aromatic hydroxyl groups is 1. The van der Waals surface area contributed by atoms with Crippen molar-refractivity contribution in [1.29, 1.82) is 0 Å². The molecule has 7 nitrogen and oxygen atoms in total. The van der Waals surface area contributed by atoms with Crippen LogP contribution in [0.5, 0.6) is 17.2 Å². The van der Waals surface area contributed by atoms with Crippen molar-refractivity contribution in [1.82, 2.24) is 15.2 Å². The SMILES string of the molecule is O=C1CCc2ccc(O)c(c2)Oc2cccc(c2)[C@@H]2CN(C(=O)c3cc[nH]c3)C[C@H]2N1. The predicted octanol–water partition coefficient (Wildman–Crippen LogP) is 3.18. The first kappa shape index (κ1) is 19.2. The molecule has 0 saturated carbocycles. The molecule has 2 amide bonds. The molecule has 7 heteroatoms. The Hall–Kier alpha value is -3.74. The van der Waals surface area contributed by atoms with Gasteiger partial charge in [-0.15, -0.1) is 0 Å². The van der Waals surface area contributed by atoms with Crippen molar-refractivity contribution >= 4 is 11.8 Å². The second kappa shape index (κ2) is 7.83. The molecule has 0 spiro atoms. The number of carbonyl (C=O) groups excluding carboxylic acids is 2. The molecule has 0 radical (unpaired) electrons. The lowest BCUT2D eigenvalue weighted by Crippen LogP contribution is -2.40. The molecule has 1 fully saturated rings. The van der Waals surface area contributed by atoms with Gasteiger partial charge in [0, 0.05) is 37.8 Å². The summed E-state index contributed by atoms with van der Waals surface area (Å²) in [6.07, 6.45) is 4.26. The number of carbonyl (C=O) groups is 2. The molecule has 2 aliphatic heterocycles. The minimum absolute atomic E-state index is 0.0514. The Morgan fingerprint density at radius 2 is 2.00 bits per heavy atom. The zero-order chi connectivity index (χ0) is 21.4. The molecule has 2 atom stereocenters. The van der Waals surface area contributed by atoms with E-state index in [9.17, 15) is 14.7 Å². The van der Waals surface area contributed by atoms with Crippen molar-refractivity contribution in [2.75, 3.05) is 13.1 Å². The van der Waals surface area contributed by atoms with Gasteiger partial charge in [0.05, 0.1) is 11.6 Å². The third kappa shape index (κ3) is 3.86. The van der Waals surface area contributed by atoms with E-state index in [1.807, 2.05) is 24.3 Å². The van der Waals surface area contributed by atoms with Gasteiger partial charge in [0.1, 0.15) is 5.75 Å². The van der Waals surface area contributed by atoms with Crippen molar-refractivity contribution in [3.63, 3.8) is 0 Å². The molecule has 1 saturated heterocycles. The van der Waals surface area contributed by atoms with E-state index in [-0.39, 0.29) is 29.5 Å². The number of aryl methyl sites for hydroxylation is 1. The van der Waals surface area contributed by atoms with Crippen molar-refractivity contribution in [3.05, 3.63) is 77.6 Å². The average Bonchev–Trinajstić information content (AvgIpc) is 3.44. The molecular weight excluding hydrogens is 394 g/mol. The number of phenolic OH excluding ortho intramolecular Hbond substituents is 1. The van der Waals surface area contributed by atoms with Gasteiger partial charge < -0.3 is 25.0 Å². The number of aromatic amines is 1. The summed E-state index contributed by atoms with van der Waals surface area (Å²) in [5.74, 6) is 0.836. The summed E-state index contributed by atoms with van der Waals surface area (Å²) in [5, 5.41) is 13.3. The fourth-order valence-corrected chi connectivity index (χ4v) is 4.36. The Bertz CT molecular complexity index is 1130. The second-order valence-corrected chi connectivity index (χ2v) is 8.07. The number of hydrogen-bond donors (Lipinski definition) is 3. The Morgan fingerprint density at radius 1 is 1.10 bits per heavy atom. The van der Waals surface area contributed by atoms with E-state index in [1.54, 1.807) is 41.6 Å². The van der Waals surface area contributed by atoms with Gasteiger partial charge >= 0.3 is 0 Å². The highest BCUT2D eigenvalue weighted by Crippen LogP contribution is 2.35. The van der Waals surface area contributed by atoms with Crippen molar-refractivity contribution < 1.29 is 19.4 Å². The summed E-state index contributed by atoms with van der Waals surface area (Å²) >= 11 is 0. The van der Waals surface area contributed by atoms with Crippen molar-refractivity contribution in [3.8, 4) is 17.2 Å². The molecule has 31 heavy (non-hydrogen) atoms. The second-order valence-electron chi connectivity index (χ2n) is 8.07. The molecule has 3 heterocycles. The zero-order valence-corrected chi connectivity index (χ0v) is 16.9. The fraction of sp³-hybridized carbons (Fsp3) is 0.250. The van der Waals surface area contributed by atoms with E-state index in [4.69, 9.17) is 4.74 Å². The normalized spacial score (nSPS) is 20.5. The molecule has 5 rings (SSSR count). The molecule has 2 aliphatic rings. The number of aromatic nitrogens is 1. The molecule has 158 valence electrons. The van der Waals surface area contributed by atoms with E-state index < -0.39 is 0 Å². The maximum Gasteiger partial charge on any atom is 0.255 e. The minimum atomic E-state index is -0.192. The van der Waals surface area contributed by atoms with Crippen LogP contribution in [0.15, 0.2) is 60.9 Å². The van der Waals surface area contributed by atoms with Gasteiger partial charge in [-0.2, -0.15) is 0 Å². The maximum atomic E-state index is 12.9. The van der Waals surface area contributed by atoms with Crippen LogP contribution in [-0.2, 0) is 11.2 Å². The zero-order valence-electron chi connectivity index (χ0n) is 16.9. The maximum absolute atomic E-state index is 12.9. The van der Waals surface area contributed by atoms with Crippen LogP contribution < -0.4 is 10.1 Å². The number of benzene rings is 2. The number of rotatable bonds is 1. The number of ether oxygens (including phenoxy) is 1. The molecule has 0 unspecified atom stereocenters. The van der Waals surface area contributed by atoms with E-state index in [2.05, 4.69) is 10.3 Å². The predicted molar refractivity (Wildman–Crippen MR) is 114 cm³/mol. The van der Waals surface area contributed by atoms with Crippen LogP contribution in [0.1, 0.15) is 33.8 Å². The van der Waals surface area contributed by atoms with Crippen LogP contribution in [0.25, 0.3) is 0 Å². The lowest BCUT2D eigenvalue weighted by molar-refractivity contribution is -0.121. The molecular formula is C24H23N3O4. The summed E-state index contributed by atoms with van der Waals surface area (Å²) in [6, 6.07) is 14.3. The van der Waals surface area contributed by atoms with Crippen molar-refractivity contribution in [2.24, 2.45) is 0 Å². The van der Waals surface area contributed by atoms with Crippen LogP contribution in [0.2, 0.25) is 0 Å². The summed E-state index contributed by atoms with van der Waals surface area (Å²) in [4.78, 5) is 30.3. The summed E-state index contributed by atoms with van der Waals surface area (Å²) in [5.41, 5.74) is 2.49. The molecule has 0 aliphatic carbocycles. The van der Waals surface area contributed by atoms with E-state index >= 15 is 0 Å². The van der Waals surface area contributed by atoms with Gasteiger partial charge in [0.2, 0.25) is 5.91 Å². The third-order valence-corrected chi connectivity index (χ3v) is 5.98. The van der Waals surface area contributed by atoms with E-state index in [0.29, 0.717) is 43.0 Å². The third-order valence-electron chi connectivity index (χ3n) is 5.98. The first-order valence-electron chi connectivity index (χ1n) is 10.4. The highest BCUT2D eigenvalue weighted by Gasteiger charge is 2.37. The molecule has 4 bridgehead atoms. The summed E-state index contributed by atoms with van der Waals surface area (Å²) in [6.45, 7) is 0.942. The van der Waals surface area contributed by atoms with Crippen LogP contribution >= 0.6 is 0 Å². The quantitative estimate of drug-likeness (QED) is 0.567. The van der Waals surface area contributed by atoms with Crippen LogP contribution in [0.3, 0.4) is 0 Å². The Balaban J connectivity index is 1.49. The highest BCUT2D eigenvalue weighted by molar-refractivity contribution is 5.94. The number of amides is 2. The van der Waals surface area contributed by atoms with Gasteiger partial charge in [0.15, 0.2) is 11.5 Å². The minimum Gasteiger partial charge on any atom is -0.504 e. The molecule has 2 aromatic carbocycles. The number of fused-ring (bicyclic) bond motifs is 6. The molecule has 3 N–H and O–H groups in total. The first-order chi connectivity index (χ1) is 15.1. The highest BCUT2D eigenvalue weighted by atomic mass is 16.5. The topological polar surface area (TPSA) is 94.7 Å². The Kier molecular flexibility index (Phi) is 4.86. The molecule has 1 aromatic heterocycles. The fourth-order valence-electron chi connectivity index (χ4n) is 4.36. The lowest BCUT2D eigenvalue weighted by Gasteiger charge is -2.20. The first-order valence-corrected chi connectivity index (χ1v) is 10.4. The number of likely N-dealkylation sites (tertiary alicyclic amines) is 1. The van der Waals surface area contributed by atoms with Gasteiger partial charge in [-0.3, -0.25) is 9.59 Å². The van der Waals surface area contributed by atoms with Gasteiger partial charge in [-0.05, 0) is 47.9 Å². The number of nitrogens with zero attached hydrogens (tertiary/aromatic N) is 1. The van der Waals surface area contributed by atoms with Crippen molar-refractivity contribution in [2.45, 2.75) is 24.8 Å². The summed E-state index contributed by atoms with van der Waals surface area (Å²) in [7, 11) is 0. The monoisotopic (exact) mass is 417 g/mol. The number of H-pyrrole nitrogens is 1.